The third kappa shape index (κ3) is 6.02. The molecule has 1 atom stereocenters. The smallest absolute Gasteiger partial charge is 0.108 e. The van der Waals surface area contributed by atoms with Gasteiger partial charge in [0.25, 0.3) is 0 Å². The van der Waals surface area contributed by atoms with E-state index in [1.165, 1.54) is 0 Å². The first-order chi connectivity index (χ1) is 8.11. The summed E-state index contributed by atoms with van der Waals surface area (Å²) in [6, 6.07) is 2.61. The molecule has 4 heteroatoms. The second kappa shape index (κ2) is 7.65. The van der Waals surface area contributed by atoms with Crippen molar-refractivity contribution in [1.82, 2.24) is 10.2 Å². The Morgan fingerprint density at radius 2 is 2.06 bits per heavy atom. The maximum atomic E-state index is 9.07. The van der Waals surface area contributed by atoms with E-state index in [2.05, 4.69) is 37.2 Å². The van der Waals surface area contributed by atoms with Crippen LogP contribution in [-0.4, -0.2) is 50.3 Å². The van der Waals surface area contributed by atoms with Crippen LogP contribution in [0.3, 0.4) is 0 Å². The van der Waals surface area contributed by atoms with Gasteiger partial charge in [0.2, 0.25) is 0 Å². The molecule has 0 aromatic heterocycles. The lowest BCUT2D eigenvalue weighted by Gasteiger charge is -2.28. The molecule has 1 unspecified atom stereocenters. The molecule has 0 spiro atoms. The van der Waals surface area contributed by atoms with E-state index in [-0.39, 0.29) is 6.04 Å². The van der Waals surface area contributed by atoms with Crippen molar-refractivity contribution >= 4 is 0 Å². The number of likely N-dealkylation sites (N-methyl/N-ethyl adjacent to an activating group) is 1. The SMILES string of the molecule is CC(C)NC(C#N)CN(C)CC1CCOCC1. The van der Waals surface area contributed by atoms with Crippen molar-refractivity contribution in [2.45, 2.75) is 38.8 Å². The summed E-state index contributed by atoms with van der Waals surface area (Å²) >= 11 is 0. The maximum absolute atomic E-state index is 9.07. The van der Waals surface area contributed by atoms with Gasteiger partial charge in [0, 0.05) is 32.3 Å². The molecular formula is C13H25N3O. The molecule has 1 heterocycles. The standard InChI is InChI=1S/C13H25N3O/c1-11(2)15-13(8-14)10-16(3)9-12-4-6-17-7-5-12/h11-13,15H,4-7,9-10H2,1-3H3. The highest BCUT2D eigenvalue weighted by molar-refractivity contribution is 4.92. The fraction of sp³-hybridized carbons (Fsp3) is 0.923. The van der Waals surface area contributed by atoms with Crippen molar-refractivity contribution in [2.24, 2.45) is 5.92 Å². The van der Waals surface area contributed by atoms with Crippen LogP contribution in [0.5, 0.6) is 0 Å². The topological polar surface area (TPSA) is 48.3 Å². The lowest BCUT2D eigenvalue weighted by Crippen LogP contribution is -2.43. The zero-order valence-electron chi connectivity index (χ0n) is 11.3. The molecule has 1 fully saturated rings. The largest absolute Gasteiger partial charge is 0.381 e. The average Bonchev–Trinajstić information content (AvgIpc) is 2.28. The second-order valence-electron chi connectivity index (χ2n) is 5.28. The van der Waals surface area contributed by atoms with Crippen LogP contribution in [0.4, 0.5) is 0 Å². The van der Waals surface area contributed by atoms with Gasteiger partial charge in [-0.25, -0.2) is 0 Å². The molecule has 0 radical (unpaired) electrons. The number of nitrogens with zero attached hydrogens (tertiary/aromatic N) is 2. The molecule has 0 aromatic rings. The summed E-state index contributed by atoms with van der Waals surface area (Å²) in [7, 11) is 2.10. The van der Waals surface area contributed by atoms with Gasteiger partial charge in [-0.05, 0) is 39.7 Å². The Kier molecular flexibility index (Phi) is 6.49. The van der Waals surface area contributed by atoms with Crippen molar-refractivity contribution in [3.8, 4) is 6.07 Å². The lowest BCUT2D eigenvalue weighted by atomic mass is 10.00. The van der Waals surface area contributed by atoms with Crippen LogP contribution in [0.15, 0.2) is 0 Å². The van der Waals surface area contributed by atoms with Gasteiger partial charge in [-0.2, -0.15) is 5.26 Å². The van der Waals surface area contributed by atoms with E-state index in [0.717, 1.165) is 45.1 Å². The zero-order valence-corrected chi connectivity index (χ0v) is 11.3. The lowest BCUT2D eigenvalue weighted by molar-refractivity contribution is 0.0552. The number of nitrogens with one attached hydrogen (secondary N) is 1. The molecule has 0 amide bonds. The first kappa shape index (κ1) is 14.4. The van der Waals surface area contributed by atoms with E-state index in [0.29, 0.717) is 6.04 Å². The molecule has 1 aliphatic heterocycles. The van der Waals surface area contributed by atoms with Gasteiger partial charge in [0.15, 0.2) is 0 Å². The molecule has 0 bridgehead atoms. The highest BCUT2D eigenvalue weighted by Gasteiger charge is 2.18. The van der Waals surface area contributed by atoms with Gasteiger partial charge in [-0.15, -0.1) is 0 Å². The maximum Gasteiger partial charge on any atom is 0.108 e. The van der Waals surface area contributed by atoms with Gasteiger partial charge in [0.1, 0.15) is 6.04 Å². The van der Waals surface area contributed by atoms with Crippen LogP contribution in [-0.2, 0) is 4.74 Å². The monoisotopic (exact) mass is 239 g/mol. The quantitative estimate of drug-likeness (QED) is 0.757. The highest BCUT2D eigenvalue weighted by atomic mass is 16.5. The summed E-state index contributed by atoms with van der Waals surface area (Å²) in [4.78, 5) is 2.26. The minimum Gasteiger partial charge on any atom is -0.381 e. The molecule has 1 rings (SSSR count). The molecule has 1 N–H and O–H groups in total. The summed E-state index contributed by atoms with van der Waals surface area (Å²) in [5, 5.41) is 12.3. The molecule has 0 aliphatic carbocycles. The van der Waals surface area contributed by atoms with Gasteiger partial charge >= 0.3 is 0 Å². The summed E-state index contributed by atoms with van der Waals surface area (Å²) < 4.78 is 5.35. The number of ether oxygens (including phenoxy) is 1. The van der Waals surface area contributed by atoms with Crippen LogP contribution in [0.1, 0.15) is 26.7 Å². The fourth-order valence-electron chi connectivity index (χ4n) is 2.29. The molecular weight excluding hydrogens is 214 g/mol. The van der Waals surface area contributed by atoms with E-state index >= 15 is 0 Å². The molecule has 0 saturated carbocycles. The number of hydrogen-bond acceptors (Lipinski definition) is 4. The van der Waals surface area contributed by atoms with Gasteiger partial charge < -0.3 is 9.64 Å². The Hall–Kier alpha value is -0.630. The third-order valence-electron chi connectivity index (χ3n) is 3.10. The van der Waals surface area contributed by atoms with E-state index in [1.54, 1.807) is 0 Å². The Labute approximate surface area is 105 Å². The molecule has 0 aromatic carbocycles. The fourth-order valence-corrected chi connectivity index (χ4v) is 2.29. The third-order valence-corrected chi connectivity index (χ3v) is 3.10. The van der Waals surface area contributed by atoms with Gasteiger partial charge in [-0.1, -0.05) is 0 Å². The predicted octanol–water partition coefficient (Wildman–Crippen LogP) is 1.23. The van der Waals surface area contributed by atoms with Crippen LogP contribution < -0.4 is 5.32 Å². The van der Waals surface area contributed by atoms with Crippen LogP contribution >= 0.6 is 0 Å². The normalized spacial score (nSPS) is 19.5. The zero-order chi connectivity index (χ0) is 12.7. The Balaban J connectivity index is 2.26. The molecule has 17 heavy (non-hydrogen) atoms. The average molecular weight is 239 g/mol. The van der Waals surface area contributed by atoms with Crippen LogP contribution in [0.2, 0.25) is 0 Å². The predicted molar refractivity (Wildman–Crippen MR) is 68.7 cm³/mol. The Bertz CT molecular complexity index is 244. The number of hydrogen-bond donors (Lipinski definition) is 1. The summed E-state index contributed by atoms with van der Waals surface area (Å²) in [6.07, 6.45) is 2.30. The summed E-state index contributed by atoms with van der Waals surface area (Å²) in [5.74, 6) is 0.729. The summed E-state index contributed by atoms with van der Waals surface area (Å²) in [6.45, 7) is 7.80. The van der Waals surface area contributed by atoms with Crippen molar-refractivity contribution in [3.63, 3.8) is 0 Å². The van der Waals surface area contributed by atoms with Crippen LogP contribution in [0, 0.1) is 17.2 Å². The van der Waals surface area contributed by atoms with Gasteiger partial charge in [-0.3, -0.25) is 5.32 Å². The van der Waals surface area contributed by atoms with Gasteiger partial charge in [0.05, 0.1) is 6.07 Å². The number of rotatable bonds is 6. The van der Waals surface area contributed by atoms with E-state index in [1.807, 2.05) is 0 Å². The van der Waals surface area contributed by atoms with Crippen molar-refractivity contribution < 1.29 is 4.74 Å². The van der Waals surface area contributed by atoms with Crippen molar-refractivity contribution in [1.29, 1.82) is 5.26 Å². The van der Waals surface area contributed by atoms with Crippen molar-refractivity contribution in [2.75, 3.05) is 33.4 Å². The minimum atomic E-state index is -0.0696. The Morgan fingerprint density at radius 1 is 1.41 bits per heavy atom. The second-order valence-corrected chi connectivity index (χ2v) is 5.28. The minimum absolute atomic E-state index is 0.0696. The van der Waals surface area contributed by atoms with E-state index in [9.17, 15) is 0 Å². The first-order valence-corrected chi connectivity index (χ1v) is 6.53. The summed E-state index contributed by atoms with van der Waals surface area (Å²) in [5.41, 5.74) is 0. The molecule has 98 valence electrons. The van der Waals surface area contributed by atoms with Crippen molar-refractivity contribution in [3.05, 3.63) is 0 Å². The molecule has 4 nitrogen and oxygen atoms in total. The van der Waals surface area contributed by atoms with E-state index < -0.39 is 0 Å². The van der Waals surface area contributed by atoms with E-state index in [4.69, 9.17) is 10.00 Å². The number of nitriles is 1. The Morgan fingerprint density at radius 3 is 2.59 bits per heavy atom. The molecule has 1 saturated heterocycles. The first-order valence-electron chi connectivity index (χ1n) is 6.53. The molecule has 1 aliphatic rings. The van der Waals surface area contributed by atoms with Crippen LogP contribution in [0.25, 0.3) is 0 Å². The highest BCUT2D eigenvalue weighted by Crippen LogP contribution is 2.15.